The van der Waals surface area contributed by atoms with E-state index in [1.165, 1.54) is 9.44 Å². The van der Waals surface area contributed by atoms with E-state index in [2.05, 4.69) is 18.7 Å². The molecule has 0 amide bonds. The third-order valence-corrected chi connectivity index (χ3v) is 6.59. The average Bonchev–Trinajstić information content (AvgIpc) is 2.97. The van der Waals surface area contributed by atoms with E-state index in [0.29, 0.717) is 17.8 Å². The lowest BCUT2D eigenvalue weighted by Gasteiger charge is -2.28. The van der Waals surface area contributed by atoms with Crippen molar-refractivity contribution in [3.05, 3.63) is 26.6 Å². The summed E-state index contributed by atoms with van der Waals surface area (Å²) in [6.45, 7) is 9.37. The van der Waals surface area contributed by atoms with E-state index in [4.69, 9.17) is 4.98 Å². The first kappa shape index (κ1) is 19.0. The molecule has 0 bridgehead atoms. The lowest BCUT2D eigenvalue weighted by atomic mass is 9.97. The number of carboxylic acids is 1. The molecule has 2 heterocycles. The van der Waals surface area contributed by atoms with Crippen molar-refractivity contribution in [2.24, 2.45) is 0 Å². The predicted molar refractivity (Wildman–Crippen MR) is 104 cm³/mol. The van der Waals surface area contributed by atoms with Crippen molar-refractivity contribution in [1.29, 1.82) is 0 Å². The molecule has 3 rings (SSSR count). The van der Waals surface area contributed by atoms with Crippen molar-refractivity contribution in [2.45, 2.75) is 65.5 Å². The van der Waals surface area contributed by atoms with Crippen molar-refractivity contribution in [3.63, 3.8) is 0 Å². The van der Waals surface area contributed by atoms with Crippen LogP contribution in [0.25, 0.3) is 10.2 Å². The van der Waals surface area contributed by atoms with Gasteiger partial charge in [-0.3, -0.25) is 14.3 Å². The van der Waals surface area contributed by atoms with Gasteiger partial charge in [0.1, 0.15) is 16.2 Å². The number of hydrogen-bond donors (Lipinski definition) is 1. The molecule has 0 aliphatic heterocycles. The number of rotatable bonds is 6. The van der Waals surface area contributed by atoms with Crippen molar-refractivity contribution in [3.8, 4) is 0 Å². The molecule has 2 aromatic heterocycles. The zero-order valence-electron chi connectivity index (χ0n) is 16.0. The molecule has 0 saturated carbocycles. The van der Waals surface area contributed by atoms with Gasteiger partial charge in [0.2, 0.25) is 0 Å². The number of fused-ring (bicyclic) bond motifs is 3. The molecule has 1 N–H and O–H groups in total. The van der Waals surface area contributed by atoms with Crippen LogP contribution in [0, 0.1) is 0 Å². The van der Waals surface area contributed by atoms with Gasteiger partial charge in [0.05, 0.1) is 11.9 Å². The number of aromatic nitrogens is 2. The second-order valence-electron chi connectivity index (χ2n) is 7.39. The van der Waals surface area contributed by atoms with Crippen LogP contribution in [-0.4, -0.2) is 38.6 Å². The third kappa shape index (κ3) is 3.07. The molecule has 0 atom stereocenters. The summed E-state index contributed by atoms with van der Waals surface area (Å²) in [5.74, 6) is -0.483. The Morgan fingerprint density at radius 1 is 1.27 bits per heavy atom. The standard InChI is InChI=1S/C19H27N3O3S/c1-5-21(6-2)11-14-20-16-15(12-9-7-8-10-13(12)26-16)17(23)22(14)19(3,4)18(24)25/h5-11H2,1-4H3,(H,24,25). The fourth-order valence-corrected chi connectivity index (χ4v) is 4.94. The van der Waals surface area contributed by atoms with Gasteiger partial charge < -0.3 is 5.11 Å². The fourth-order valence-electron chi connectivity index (χ4n) is 3.67. The molecule has 7 heteroatoms. The number of carbonyl (C=O) groups is 1. The summed E-state index contributed by atoms with van der Waals surface area (Å²) in [5.41, 5.74) is -0.452. The number of carboxylic acid groups (broad SMARTS) is 1. The fraction of sp³-hybridized carbons (Fsp3) is 0.632. The first-order valence-electron chi connectivity index (χ1n) is 9.33. The molecule has 0 aromatic carbocycles. The van der Waals surface area contributed by atoms with Crippen molar-refractivity contribution in [1.82, 2.24) is 14.5 Å². The van der Waals surface area contributed by atoms with Crippen LogP contribution in [0.3, 0.4) is 0 Å². The quantitative estimate of drug-likeness (QED) is 0.837. The van der Waals surface area contributed by atoms with Crippen LogP contribution in [0.1, 0.15) is 56.8 Å². The molecule has 26 heavy (non-hydrogen) atoms. The van der Waals surface area contributed by atoms with E-state index in [-0.39, 0.29) is 5.56 Å². The molecule has 0 spiro atoms. The smallest absolute Gasteiger partial charge is 0.329 e. The first-order valence-corrected chi connectivity index (χ1v) is 10.1. The molecule has 0 saturated heterocycles. The zero-order chi connectivity index (χ0) is 19.1. The molecule has 1 aliphatic rings. The Labute approximate surface area is 157 Å². The molecule has 2 aromatic rings. The maximum atomic E-state index is 13.4. The van der Waals surface area contributed by atoms with E-state index in [1.807, 2.05) is 0 Å². The monoisotopic (exact) mass is 377 g/mol. The maximum absolute atomic E-state index is 13.4. The largest absolute Gasteiger partial charge is 0.480 e. The summed E-state index contributed by atoms with van der Waals surface area (Å²) < 4.78 is 1.41. The number of aryl methyl sites for hydroxylation is 2. The predicted octanol–water partition coefficient (Wildman–Crippen LogP) is 3.00. The molecule has 1 aliphatic carbocycles. The molecular weight excluding hydrogens is 350 g/mol. The molecule has 0 radical (unpaired) electrons. The average molecular weight is 378 g/mol. The molecule has 6 nitrogen and oxygen atoms in total. The zero-order valence-corrected chi connectivity index (χ0v) is 16.8. The van der Waals surface area contributed by atoms with Crippen molar-refractivity contribution < 1.29 is 9.90 Å². The van der Waals surface area contributed by atoms with E-state index in [0.717, 1.165) is 49.2 Å². The summed E-state index contributed by atoms with van der Waals surface area (Å²) in [5, 5.41) is 10.4. The Kier molecular flexibility index (Phi) is 5.21. The second kappa shape index (κ2) is 7.12. The van der Waals surface area contributed by atoms with Crippen LogP contribution in [0.4, 0.5) is 0 Å². The maximum Gasteiger partial charge on any atom is 0.329 e. The van der Waals surface area contributed by atoms with Crippen LogP contribution < -0.4 is 5.56 Å². The Morgan fingerprint density at radius 3 is 2.54 bits per heavy atom. The van der Waals surface area contributed by atoms with Crippen LogP contribution in [0.2, 0.25) is 0 Å². The van der Waals surface area contributed by atoms with Gasteiger partial charge in [0.15, 0.2) is 0 Å². The van der Waals surface area contributed by atoms with Gasteiger partial charge in [-0.15, -0.1) is 11.3 Å². The highest BCUT2D eigenvalue weighted by molar-refractivity contribution is 7.18. The van der Waals surface area contributed by atoms with Gasteiger partial charge in [-0.05, 0) is 58.2 Å². The van der Waals surface area contributed by atoms with Gasteiger partial charge in [0.25, 0.3) is 5.56 Å². The van der Waals surface area contributed by atoms with Gasteiger partial charge >= 0.3 is 5.97 Å². The minimum Gasteiger partial charge on any atom is -0.480 e. The minimum atomic E-state index is -1.34. The Balaban J connectivity index is 2.30. The number of thiophene rings is 1. The molecule has 0 unspecified atom stereocenters. The minimum absolute atomic E-state index is 0.205. The molecule has 142 valence electrons. The van der Waals surface area contributed by atoms with Crippen LogP contribution in [0.5, 0.6) is 0 Å². The second-order valence-corrected chi connectivity index (χ2v) is 8.47. The number of hydrogen-bond acceptors (Lipinski definition) is 5. The van der Waals surface area contributed by atoms with Gasteiger partial charge in [-0.2, -0.15) is 0 Å². The van der Waals surface area contributed by atoms with Gasteiger partial charge in [0, 0.05) is 4.88 Å². The highest BCUT2D eigenvalue weighted by Gasteiger charge is 2.35. The summed E-state index contributed by atoms with van der Waals surface area (Å²) in [4.78, 5) is 34.3. The Hall–Kier alpha value is -1.73. The van der Waals surface area contributed by atoms with Crippen molar-refractivity contribution >= 4 is 27.5 Å². The third-order valence-electron chi connectivity index (χ3n) is 5.40. The Bertz CT molecular complexity index is 894. The van der Waals surface area contributed by atoms with Crippen LogP contribution >= 0.6 is 11.3 Å². The number of nitrogens with zero attached hydrogens (tertiary/aromatic N) is 3. The topological polar surface area (TPSA) is 75.4 Å². The summed E-state index contributed by atoms with van der Waals surface area (Å²) >= 11 is 1.61. The van der Waals surface area contributed by atoms with E-state index in [1.54, 1.807) is 25.2 Å². The van der Waals surface area contributed by atoms with Gasteiger partial charge in [-0.25, -0.2) is 9.78 Å². The lowest BCUT2D eigenvalue weighted by Crippen LogP contribution is -2.46. The van der Waals surface area contributed by atoms with E-state index in [9.17, 15) is 14.7 Å². The lowest BCUT2D eigenvalue weighted by molar-refractivity contribution is -0.146. The van der Waals surface area contributed by atoms with E-state index >= 15 is 0 Å². The van der Waals surface area contributed by atoms with Gasteiger partial charge in [-0.1, -0.05) is 13.8 Å². The van der Waals surface area contributed by atoms with Crippen LogP contribution in [-0.2, 0) is 29.7 Å². The summed E-state index contributed by atoms with van der Waals surface area (Å²) in [6, 6.07) is 0. The summed E-state index contributed by atoms with van der Waals surface area (Å²) in [6.07, 6.45) is 4.08. The first-order chi connectivity index (χ1) is 12.3. The SMILES string of the molecule is CCN(CC)Cc1nc2sc3c(c2c(=O)n1C(C)(C)C(=O)O)CCCC3. The van der Waals surface area contributed by atoms with Crippen molar-refractivity contribution in [2.75, 3.05) is 13.1 Å². The summed E-state index contributed by atoms with van der Waals surface area (Å²) in [7, 11) is 0. The van der Waals surface area contributed by atoms with Crippen LogP contribution in [0.15, 0.2) is 4.79 Å². The number of aliphatic carboxylic acids is 1. The molecule has 0 fully saturated rings. The Morgan fingerprint density at radius 2 is 1.92 bits per heavy atom. The highest BCUT2D eigenvalue weighted by Crippen LogP contribution is 2.34. The highest BCUT2D eigenvalue weighted by atomic mass is 32.1. The van der Waals surface area contributed by atoms with E-state index < -0.39 is 11.5 Å². The normalized spacial score (nSPS) is 14.8. The molecular formula is C19H27N3O3S.